The van der Waals surface area contributed by atoms with Crippen molar-refractivity contribution >= 4 is 23.6 Å². The third kappa shape index (κ3) is 8.80. The molecule has 0 fully saturated rings. The monoisotopic (exact) mass is 438 g/mol. The van der Waals surface area contributed by atoms with Crippen molar-refractivity contribution in [3.05, 3.63) is 22.3 Å². The van der Waals surface area contributed by atoms with Gasteiger partial charge in [0, 0.05) is 34.9 Å². The Hall–Kier alpha value is -2.24. The van der Waals surface area contributed by atoms with E-state index in [0.29, 0.717) is 34.8 Å². The number of nitrogens with zero attached hydrogens (tertiary/aromatic N) is 2. The van der Waals surface area contributed by atoms with Crippen molar-refractivity contribution in [3.8, 4) is 0 Å². The third-order valence-electron chi connectivity index (χ3n) is 4.40. The molecule has 4 amide bonds. The lowest BCUT2D eigenvalue weighted by molar-refractivity contribution is -0.140. The van der Waals surface area contributed by atoms with Crippen molar-refractivity contribution in [1.82, 2.24) is 9.80 Å². The maximum atomic E-state index is 11.5. The van der Waals surface area contributed by atoms with Gasteiger partial charge in [0.15, 0.2) is 0 Å². The first-order valence-corrected chi connectivity index (χ1v) is 11.5. The molecule has 0 spiro atoms. The minimum absolute atomic E-state index is 0.0441. The van der Waals surface area contributed by atoms with Crippen LogP contribution in [0.1, 0.15) is 96.9 Å². The summed E-state index contributed by atoms with van der Waals surface area (Å²) in [6, 6.07) is -0.0441. The highest BCUT2D eigenvalue weighted by molar-refractivity contribution is 6.19. The fourth-order valence-electron chi connectivity index (χ4n) is 2.59. The second kappa shape index (κ2) is 16.5. The summed E-state index contributed by atoms with van der Waals surface area (Å²) < 4.78 is 0. The molecule has 0 saturated heterocycles. The van der Waals surface area contributed by atoms with E-state index in [-0.39, 0.29) is 29.7 Å². The van der Waals surface area contributed by atoms with Crippen molar-refractivity contribution < 1.29 is 19.2 Å². The molecule has 180 valence electrons. The van der Waals surface area contributed by atoms with Gasteiger partial charge in [-0.05, 0) is 47.5 Å². The molecule has 2 heterocycles. The summed E-state index contributed by atoms with van der Waals surface area (Å²) in [4.78, 5) is 48.5. The first-order chi connectivity index (χ1) is 14.4. The van der Waals surface area contributed by atoms with E-state index in [4.69, 9.17) is 0 Å². The molecule has 2 rings (SSSR count). The van der Waals surface area contributed by atoms with Crippen LogP contribution in [0.3, 0.4) is 0 Å². The minimum Gasteiger partial charge on any atom is -0.275 e. The zero-order valence-electron chi connectivity index (χ0n) is 22.4. The minimum atomic E-state index is -0.146. The van der Waals surface area contributed by atoms with E-state index in [1.807, 2.05) is 69.2 Å². The quantitative estimate of drug-likeness (QED) is 0.543. The van der Waals surface area contributed by atoms with Crippen molar-refractivity contribution in [2.75, 3.05) is 6.54 Å². The van der Waals surface area contributed by atoms with Gasteiger partial charge in [-0.1, -0.05) is 55.4 Å². The van der Waals surface area contributed by atoms with Gasteiger partial charge in [-0.3, -0.25) is 29.0 Å². The summed E-state index contributed by atoms with van der Waals surface area (Å²) in [6.45, 7) is 27.0. The van der Waals surface area contributed by atoms with E-state index in [1.54, 1.807) is 27.7 Å². The molecule has 0 aromatic rings. The smallest absolute Gasteiger partial charge is 0.257 e. The molecule has 0 radical (unpaired) electrons. The molecule has 0 atom stereocenters. The molecule has 6 heteroatoms. The van der Waals surface area contributed by atoms with E-state index in [0.717, 1.165) is 0 Å². The SMILES string of the molecule is CC.CC.CC.CC1=C(C)C(=O)N(C(C)C)C1=O.CC1=C(C)C(=O)N(CC(C)C)C1=O. The lowest BCUT2D eigenvalue weighted by atomic mass is 10.2. The average molecular weight is 439 g/mol. The summed E-state index contributed by atoms with van der Waals surface area (Å²) >= 11 is 0. The first-order valence-electron chi connectivity index (χ1n) is 11.5. The molecule has 0 aliphatic carbocycles. The third-order valence-corrected chi connectivity index (χ3v) is 4.40. The van der Waals surface area contributed by atoms with Gasteiger partial charge in [0.1, 0.15) is 0 Å². The lowest BCUT2D eigenvalue weighted by Gasteiger charge is -2.18. The van der Waals surface area contributed by atoms with Gasteiger partial charge in [-0.25, -0.2) is 0 Å². The summed E-state index contributed by atoms with van der Waals surface area (Å²) in [5.74, 6) is -0.223. The average Bonchev–Trinajstić information content (AvgIpc) is 3.07. The topological polar surface area (TPSA) is 74.8 Å². The molecule has 6 nitrogen and oxygen atoms in total. The van der Waals surface area contributed by atoms with Crippen LogP contribution >= 0.6 is 0 Å². The van der Waals surface area contributed by atoms with Crippen molar-refractivity contribution in [2.24, 2.45) is 5.92 Å². The maximum absolute atomic E-state index is 11.5. The van der Waals surface area contributed by atoms with Gasteiger partial charge in [0.05, 0.1) is 0 Å². The van der Waals surface area contributed by atoms with Crippen LogP contribution in [-0.4, -0.2) is 46.0 Å². The number of amides is 4. The van der Waals surface area contributed by atoms with Gasteiger partial charge >= 0.3 is 0 Å². The van der Waals surface area contributed by atoms with Crippen LogP contribution in [0.5, 0.6) is 0 Å². The molecule has 0 N–H and O–H groups in total. The van der Waals surface area contributed by atoms with Crippen molar-refractivity contribution in [1.29, 1.82) is 0 Å². The largest absolute Gasteiger partial charge is 0.275 e. The number of imide groups is 2. The second-order valence-corrected chi connectivity index (χ2v) is 7.19. The van der Waals surface area contributed by atoms with E-state index < -0.39 is 0 Å². The molecule has 31 heavy (non-hydrogen) atoms. The first kappa shape index (κ1) is 33.4. The van der Waals surface area contributed by atoms with Crippen molar-refractivity contribution in [3.63, 3.8) is 0 Å². The molecule has 0 bridgehead atoms. The molecule has 0 aromatic carbocycles. The molecular formula is C25H46N2O4. The lowest BCUT2D eigenvalue weighted by Crippen LogP contribution is -2.37. The van der Waals surface area contributed by atoms with Crippen LogP contribution in [-0.2, 0) is 19.2 Å². The maximum Gasteiger partial charge on any atom is 0.257 e. The Balaban J connectivity index is -0.000000408. The predicted molar refractivity (Wildman–Crippen MR) is 129 cm³/mol. The second-order valence-electron chi connectivity index (χ2n) is 7.19. The zero-order chi connectivity index (χ0) is 25.6. The molecule has 2 aliphatic rings. The van der Waals surface area contributed by atoms with Gasteiger partial charge in [0.2, 0.25) is 0 Å². The van der Waals surface area contributed by atoms with Crippen LogP contribution in [0.25, 0.3) is 0 Å². The van der Waals surface area contributed by atoms with Crippen LogP contribution in [0, 0.1) is 5.92 Å². The fraction of sp³-hybridized carbons (Fsp3) is 0.680. The predicted octanol–water partition coefficient (Wildman–Crippen LogP) is 5.53. The van der Waals surface area contributed by atoms with Gasteiger partial charge in [-0.2, -0.15) is 0 Å². The highest BCUT2D eigenvalue weighted by atomic mass is 16.2. The zero-order valence-corrected chi connectivity index (χ0v) is 22.4. The summed E-state index contributed by atoms with van der Waals surface area (Å²) in [6.07, 6.45) is 0. The van der Waals surface area contributed by atoms with Crippen LogP contribution in [0.2, 0.25) is 0 Å². The molecule has 0 unspecified atom stereocenters. The normalized spacial score (nSPS) is 15.4. The number of hydrogen-bond acceptors (Lipinski definition) is 4. The van der Waals surface area contributed by atoms with Gasteiger partial charge in [0.25, 0.3) is 23.6 Å². The van der Waals surface area contributed by atoms with Crippen LogP contribution < -0.4 is 0 Å². The van der Waals surface area contributed by atoms with Gasteiger partial charge < -0.3 is 0 Å². The highest BCUT2D eigenvalue weighted by Crippen LogP contribution is 2.21. The van der Waals surface area contributed by atoms with Crippen LogP contribution in [0.15, 0.2) is 22.3 Å². The summed E-state index contributed by atoms with van der Waals surface area (Å²) in [5.41, 5.74) is 2.33. The summed E-state index contributed by atoms with van der Waals surface area (Å²) in [5, 5.41) is 0. The molecule has 2 aliphatic heterocycles. The molecular weight excluding hydrogens is 392 g/mol. The highest BCUT2D eigenvalue weighted by Gasteiger charge is 2.35. The standard InChI is InChI=1S/C10H15NO2.C9H13NO2.3C2H6/c1-6(2)5-11-9(12)7(3)8(4)10(11)13;1-5(2)10-8(11)6(3)7(4)9(10)12;3*1-2/h6H,5H2,1-4H3;5H,1-4H3;3*1-2H3. The Morgan fingerprint density at radius 3 is 1.00 bits per heavy atom. The van der Waals surface area contributed by atoms with E-state index >= 15 is 0 Å². The molecule has 0 saturated carbocycles. The van der Waals surface area contributed by atoms with Crippen LogP contribution in [0.4, 0.5) is 0 Å². The van der Waals surface area contributed by atoms with E-state index in [2.05, 4.69) is 0 Å². The summed E-state index contributed by atoms with van der Waals surface area (Å²) in [7, 11) is 0. The Labute approximate surface area is 190 Å². The van der Waals surface area contributed by atoms with E-state index in [1.165, 1.54) is 9.80 Å². The Bertz CT molecular complexity index is 638. The van der Waals surface area contributed by atoms with Crippen molar-refractivity contribution in [2.45, 2.75) is 103 Å². The number of carbonyl (C=O) groups excluding carboxylic acids is 4. The Morgan fingerprint density at radius 2 is 0.806 bits per heavy atom. The number of carbonyl (C=O) groups is 4. The van der Waals surface area contributed by atoms with E-state index in [9.17, 15) is 19.2 Å². The molecule has 0 aromatic heterocycles. The number of hydrogen-bond donors (Lipinski definition) is 0. The fourth-order valence-corrected chi connectivity index (χ4v) is 2.59. The Morgan fingerprint density at radius 1 is 0.548 bits per heavy atom. The van der Waals surface area contributed by atoms with Gasteiger partial charge in [-0.15, -0.1) is 0 Å². The number of rotatable bonds is 3. The Kier molecular flexibility index (Phi) is 17.7.